The van der Waals surface area contributed by atoms with Crippen molar-refractivity contribution in [3.8, 4) is 5.82 Å². The van der Waals surface area contributed by atoms with Gasteiger partial charge < -0.3 is 10.6 Å². The zero-order valence-electron chi connectivity index (χ0n) is 19.5. The molecule has 5 rings (SSSR count). The average Bonchev–Trinajstić information content (AvgIpc) is 3.55. The van der Waals surface area contributed by atoms with Crippen LogP contribution in [0.3, 0.4) is 0 Å². The largest absolute Gasteiger partial charge is 0.416 e. The number of aromatic nitrogens is 4. The third-order valence-electron chi connectivity index (χ3n) is 5.68. The van der Waals surface area contributed by atoms with E-state index in [0.29, 0.717) is 35.4 Å². The minimum absolute atomic E-state index is 0.168. The number of nitrogens with zero attached hydrogens (tertiary/aromatic N) is 4. The van der Waals surface area contributed by atoms with Crippen LogP contribution >= 0.6 is 0 Å². The standard InChI is InChI=1S/C24H22F3N7O2S/c1-15-5-6-18(33-37(35,36)19-4-2-3-16(11-19)24(25,26)27)12-20(15)32-23-28-9-10-34(23)22-13-21(29-14-30-22)31-17-7-8-17/h2-6,9-14,17,33H,7-8H2,1H3,(H,28,32)(H,29,30,31). The van der Waals surface area contributed by atoms with E-state index >= 15 is 0 Å². The molecule has 3 N–H and O–H groups in total. The second kappa shape index (κ2) is 9.39. The summed E-state index contributed by atoms with van der Waals surface area (Å²) in [6, 6.07) is 10.6. The number of anilines is 4. The summed E-state index contributed by atoms with van der Waals surface area (Å²) >= 11 is 0. The van der Waals surface area contributed by atoms with Gasteiger partial charge in [0.1, 0.15) is 18.0 Å². The molecule has 0 bridgehead atoms. The van der Waals surface area contributed by atoms with Gasteiger partial charge >= 0.3 is 6.18 Å². The zero-order chi connectivity index (χ0) is 26.2. The molecule has 2 heterocycles. The van der Waals surface area contributed by atoms with Gasteiger partial charge in [0.05, 0.1) is 16.1 Å². The van der Waals surface area contributed by atoms with Gasteiger partial charge in [-0.2, -0.15) is 13.2 Å². The summed E-state index contributed by atoms with van der Waals surface area (Å²) in [6.07, 6.45) is 2.31. The SMILES string of the molecule is Cc1ccc(NS(=O)(=O)c2cccc(C(F)(F)F)c2)cc1Nc1nccn1-c1cc(NC2CC2)ncn1. The van der Waals surface area contributed by atoms with E-state index in [4.69, 9.17) is 0 Å². The van der Waals surface area contributed by atoms with E-state index in [0.717, 1.165) is 36.6 Å². The molecule has 0 unspecified atom stereocenters. The molecule has 37 heavy (non-hydrogen) atoms. The minimum atomic E-state index is -4.66. The first kappa shape index (κ1) is 24.6. The predicted octanol–water partition coefficient (Wildman–Crippen LogP) is 5.11. The molecule has 2 aromatic carbocycles. The van der Waals surface area contributed by atoms with Crippen molar-refractivity contribution in [3.63, 3.8) is 0 Å². The Labute approximate surface area is 210 Å². The molecule has 13 heteroatoms. The van der Waals surface area contributed by atoms with Crippen molar-refractivity contribution in [2.75, 3.05) is 15.4 Å². The average molecular weight is 530 g/mol. The van der Waals surface area contributed by atoms with Crippen molar-refractivity contribution in [1.29, 1.82) is 0 Å². The number of sulfonamides is 1. The van der Waals surface area contributed by atoms with Crippen LogP contribution in [0.4, 0.5) is 36.3 Å². The van der Waals surface area contributed by atoms with Crippen LogP contribution in [0.2, 0.25) is 0 Å². The van der Waals surface area contributed by atoms with Crippen LogP contribution in [0.25, 0.3) is 5.82 Å². The molecule has 4 aromatic rings. The summed E-state index contributed by atoms with van der Waals surface area (Å²) in [5.74, 6) is 1.71. The topological polar surface area (TPSA) is 114 Å². The quantitative estimate of drug-likeness (QED) is 0.291. The summed E-state index contributed by atoms with van der Waals surface area (Å²) in [5.41, 5.74) is 0.452. The number of halogens is 3. The van der Waals surface area contributed by atoms with Gasteiger partial charge in [-0.15, -0.1) is 0 Å². The Morgan fingerprint density at radius 1 is 1.03 bits per heavy atom. The van der Waals surface area contributed by atoms with Gasteiger partial charge in [-0.1, -0.05) is 12.1 Å². The van der Waals surface area contributed by atoms with Gasteiger partial charge in [-0.3, -0.25) is 9.29 Å². The van der Waals surface area contributed by atoms with Gasteiger partial charge in [0, 0.05) is 30.2 Å². The van der Waals surface area contributed by atoms with E-state index in [1.807, 2.05) is 6.92 Å². The summed E-state index contributed by atoms with van der Waals surface area (Å²) in [7, 11) is -4.27. The van der Waals surface area contributed by atoms with Crippen molar-refractivity contribution < 1.29 is 21.6 Å². The molecule has 2 aromatic heterocycles. The second-order valence-electron chi connectivity index (χ2n) is 8.59. The monoisotopic (exact) mass is 529 g/mol. The van der Waals surface area contributed by atoms with E-state index in [9.17, 15) is 21.6 Å². The van der Waals surface area contributed by atoms with Gasteiger partial charge in [0.15, 0.2) is 0 Å². The highest BCUT2D eigenvalue weighted by Crippen LogP contribution is 2.32. The van der Waals surface area contributed by atoms with Gasteiger partial charge in [-0.25, -0.2) is 23.4 Å². The molecule has 0 saturated heterocycles. The molecule has 1 saturated carbocycles. The Hall–Kier alpha value is -4.13. The molecule has 0 radical (unpaired) electrons. The lowest BCUT2D eigenvalue weighted by Gasteiger charge is -2.15. The third kappa shape index (κ3) is 5.66. The van der Waals surface area contributed by atoms with Gasteiger partial charge in [0.2, 0.25) is 5.95 Å². The maximum atomic E-state index is 13.1. The Morgan fingerprint density at radius 3 is 2.59 bits per heavy atom. The van der Waals surface area contributed by atoms with Crippen molar-refractivity contribution in [3.05, 3.63) is 78.4 Å². The highest BCUT2D eigenvalue weighted by atomic mass is 32.2. The first-order chi connectivity index (χ1) is 17.6. The first-order valence-electron chi connectivity index (χ1n) is 11.3. The van der Waals surface area contributed by atoms with Crippen LogP contribution in [-0.2, 0) is 16.2 Å². The normalized spacial score (nSPS) is 13.8. The fourth-order valence-electron chi connectivity index (χ4n) is 3.57. The summed E-state index contributed by atoms with van der Waals surface area (Å²) in [4.78, 5) is 12.4. The number of hydrogen-bond acceptors (Lipinski definition) is 7. The number of aryl methyl sites for hydroxylation is 1. The predicted molar refractivity (Wildman–Crippen MR) is 133 cm³/mol. The molecular formula is C24H22F3N7O2S. The van der Waals surface area contributed by atoms with Crippen LogP contribution < -0.4 is 15.4 Å². The van der Waals surface area contributed by atoms with Crippen molar-refractivity contribution in [1.82, 2.24) is 19.5 Å². The summed E-state index contributed by atoms with van der Waals surface area (Å²) in [6.45, 7) is 1.82. The molecule has 0 spiro atoms. The van der Waals surface area contributed by atoms with Crippen LogP contribution in [0.15, 0.2) is 72.1 Å². The fourth-order valence-corrected chi connectivity index (χ4v) is 4.66. The lowest BCUT2D eigenvalue weighted by atomic mass is 10.2. The lowest BCUT2D eigenvalue weighted by molar-refractivity contribution is -0.137. The highest BCUT2D eigenvalue weighted by Gasteiger charge is 2.31. The van der Waals surface area contributed by atoms with Crippen LogP contribution in [0, 0.1) is 6.92 Å². The van der Waals surface area contributed by atoms with Crippen molar-refractivity contribution >= 4 is 33.2 Å². The number of hydrogen-bond donors (Lipinski definition) is 3. The maximum Gasteiger partial charge on any atom is 0.416 e. The Balaban J connectivity index is 1.38. The lowest BCUT2D eigenvalue weighted by Crippen LogP contribution is -2.15. The molecule has 0 aliphatic heterocycles. The van der Waals surface area contributed by atoms with Crippen LogP contribution in [0.5, 0.6) is 0 Å². The number of imidazole rings is 1. The van der Waals surface area contributed by atoms with Crippen LogP contribution in [-0.4, -0.2) is 34.0 Å². The Morgan fingerprint density at radius 2 is 1.84 bits per heavy atom. The molecule has 0 amide bonds. The van der Waals surface area contributed by atoms with Gasteiger partial charge in [0.25, 0.3) is 10.0 Å². The number of nitrogens with one attached hydrogen (secondary N) is 3. The molecule has 9 nitrogen and oxygen atoms in total. The number of alkyl halides is 3. The highest BCUT2D eigenvalue weighted by molar-refractivity contribution is 7.92. The molecule has 1 aliphatic carbocycles. The molecule has 0 atom stereocenters. The van der Waals surface area contributed by atoms with E-state index in [1.165, 1.54) is 12.4 Å². The second-order valence-corrected chi connectivity index (χ2v) is 10.3. The molecule has 192 valence electrons. The van der Waals surface area contributed by atoms with E-state index < -0.39 is 26.7 Å². The molecule has 1 fully saturated rings. The Kier molecular flexibility index (Phi) is 6.23. The van der Waals surface area contributed by atoms with Crippen molar-refractivity contribution in [2.45, 2.75) is 36.9 Å². The van der Waals surface area contributed by atoms with E-state index in [2.05, 4.69) is 30.3 Å². The maximum absolute atomic E-state index is 13.1. The summed E-state index contributed by atoms with van der Waals surface area (Å²) in [5, 5.41) is 6.49. The van der Waals surface area contributed by atoms with Gasteiger partial charge in [-0.05, 0) is 55.7 Å². The molecule has 1 aliphatic rings. The first-order valence-corrected chi connectivity index (χ1v) is 12.8. The molecular weight excluding hydrogens is 507 g/mol. The zero-order valence-corrected chi connectivity index (χ0v) is 20.3. The van der Waals surface area contributed by atoms with Crippen molar-refractivity contribution in [2.24, 2.45) is 0 Å². The van der Waals surface area contributed by atoms with E-state index in [1.54, 1.807) is 35.2 Å². The smallest absolute Gasteiger partial charge is 0.367 e. The number of rotatable bonds is 8. The van der Waals surface area contributed by atoms with E-state index in [-0.39, 0.29) is 5.69 Å². The summed E-state index contributed by atoms with van der Waals surface area (Å²) < 4.78 is 68.8. The number of benzene rings is 2. The van der Waals surface area contributed by atoms with Crippen LogP contribution in [0.1, 0.15) is 24.0 Å². The fraction of sp³-hybridized carbons (Fsp3) is 0.208. The Bertz CT molecular complexity index is 1550. The minimum Gasteiger partial charge on any atom is -0.367 e. The third-order valence-corrected chi connectivity index (χ3v) is 7.06.